The quantitative estimate of drug-likeness (QED) is 0.553. The van der Waals surface area contributed by atoms with Crippen molar-refractivity contribution in [3.05, 3.63) is 59.2 Å². The first kappa shape index (κ1) is 20.2. The van der Waals surface area contributed by atoms with Gasteiger partial charge in [-0.3, -0.25) is 4.79 Å². The highest BCUT2D eigenvalue weighted by atomic mass is 16.7. The molecule has 1 aliphatic rings. The lowest BCUT2D eigenvalue weighted by Gasteiger charge is -2.16. The number of fused-ring (bicyclic) bond motifs is 1. The molecule has 2 amide bonds. The largest absolute Gasteiger partial charge is 0.454 e. The van der Waals surface area contributed by atoms with Crippen LogP contribution in [0, 0.1) is 6.92 Å². The summed E-state index contributed by atoms with van der Waals surface area (Å²) in [7, 11) is 0. The van der Waals surface area contributed by atoms with Crippen LogP contribution in [0.1, 0.15) is 23.6 Å². The van der Waals surface area contributed by atoms with Crippen LogP contribution in [0.5, 0.6) is 11.5 Å². The van der Waals surface area contributed by atoms with Gasteiger partial charge in [0, 0.05) is 12.0 Å². The number of carbonyl (C=O) groups is 2. The molecular weight excluding hydrogens is 374 g/mol. The van der Waals surface area contributed by atoms with Crippen molar-refractivity contribution in [1.82, 2.24) is 10.7 Å². The van der Waals surface area contributed by atoms with Gasteiger partial charge >= 0.3 is 6.09 Å². The summed E-state index contributed by atoms with van der Waals surface area (Å²) in [6.07, 6.45) is 1.18. The van der Waals surface area contributed by atoms with Crippen LogP contribution in [0.3, 0.4) is 0 Å². The lowest BCUT2D eigenvalue weighted by molar-refractivity contribution is -0.123. The van der Waals surface area contributed by atoms with Crippen molar-refractivity contribution in [3.8, 4) is 11.5 Å². The molecule has 29 heavy (non-hydrogen) atoms. The molecule has 0 saturated heterocycles. The summed E-state index contributed by atoms with van der Waals surface area (Å²) in [4.78, 5) is 24.4. The zero-order chi connectivity index (χ0) is 20.6. The number of alkyl carbamates (subject to hydrolysis) is 1. The second-order valence-electron chi connectivity index (χ2n) is 6.40. The Morgan fingerprint density at radius 2 is 1.93 bits per heavy atom. The van der Waals surface area contributed by atoms with Crippen LogP contribution in [0.2, 0.25) is 0 Å². The Kier molecular flexibility index (Phi) is 6.67. The lowest BCUT2D eigenvalue weighted by Crippen LogP contribution is -2.47. The van der Waals surface area contributed by atoms with E-state index in [1.165, 1.54) is 6.21 Å². The van der Waals surface area contributed by atoms with Gasteiger partial charge in [0.15, 0.2) is 11.5 Å². The number of nitrogens with one attached hydrogen (secondary N) is 2. The molecular formula is C21H23N3O5. The molecule has 0 bridgehead atoms. The van der Waals surface area contributed by atoms with Gasteiger partial charge in [0.05, 0.1) is 12.8 Å². The summed E-state index contributed by atoms with van der Waals surface area (Å²) in [6, 6.07) is 12.2. The molecule has 0 spiro atoms. The molecule has 0 fully saturated rings. The molecule has 152 valence electrons. The molecule has 3 rings (SSSR count). The molecule has 0 unspecified atom stereocenters. The highest BCUT2D eigenvalue weighted by Gasteiger charge is 2.22. The summed E-state index contributed by atoms with van der Waals surface area (Å²) in [5.74, 6) is 0.871. The maximum absolute atomic E-state index is 12.6. The number of hydrogen-bond donors (Lipinski definition) is 2. The molecule has 2 aromatic rings. The fraction of sp³-hybridized carbons (Fsp3) is 0.286. The summed E-state index contributed by atoms with van der Waals surface area (Å²) in [6.45, 7) is 4.01. The average Bonchev–Trinajstić information content (AvgIpc) is 3.15. The number of nitrogens with zero attached hydrogens (tertiary/aromatic N) is 1. The number of benzene rings is 2. The van der Waals surface area contributed by atoms with Crippen molar-refractivity contribution in [2.45, 2.75) is 26.3 Å². The van der Waals surface area contributed by atoms with Crippen LogP contribution in [0.25, 0.3) is 0 Å². The summed E-state index contributed by atoms with van der Waals surface area (Å²) in [5.41, 5.74) is 5.10. The minimum absolute atomic E-state index is 0.187. The Hall–Kier alpha value is -3.55. The molecule has 8 nitrogen and oxygen atoms in total. The zero-order valence-electron chi connectivity index (χ0n) is 16.3. The molecule has 1 aliphatic heterocycles. The van der Waals surface area contributed by atoms with Crippen LogP contribution in [0.4, 0.5) is 4.79 Å². The fourth-order valence-corrected chi connectivity index (χ4v) is 2.82. The van der Waals surface area contributed by atoms with E-state index in [4.69, 9.17) is 14.2 Å². The smallest absolute Gasteiger partial charge is 0.407 e. The third-order valence-electron chi connectivity index (χ3n) is 4.31. The first-order valence-electron chi connectivity index (χ1n) is 9.27. The Morgan fingerprint density at radius 3 is 2.66 bits per heavy atom. The molecule has 1 atom stereocenters. The maximum atomic E-state index is 12.6. The van der Waals surface area contributed by atoms with Gasteiger partial charge in [-0.15, -0.1) is 0 Å². The van der Waals surface area contributed by atoms with Crippen molar-refractivity contribution < 1.29 is 23.8 Å². The van der Waals surface area contributed by atoms with E-state index in [0.717, 1.165) is 16.7 Å². The second-order valence-corrected chi connectivity index (χ2v) is 6.40. The van der Waals surface area contributed by atoms with Crippen LogP contribution in [-0.4, -0.2) is 37.7 Å². The van der Waals surface area contributed by atoms with Gasteiger partial charge in [0.2, 0.25) is 6.79 Å². The van der Waals surface area contributed by atoms with Crippen molar-refractivity contribution in [3.63, 3.8) is 0 Å². The number of rotatable bonds is 7. The molecule has 8 heteroatoms. The molecule has 2 N–H and O–H groups in total. The third-order valence-corrected chi connectivity index (χ3v) is 4.31. The van der Waals surface area contributed by atoms with Crippen LogP contribution >= 0.6 is 0 Å². The maximum Gasteiger partial charge on any atom is 0.407 e. The van der Waals surface area contributed by atoms with E-state index in [0.29, 0.717) is 17.9 Å². The monoisotopic (exact) mass is 397 g/mol. The van der Waals surface area contributed by atoms with Gasteiger partial charge in [0.1, 0.15) is 6.04 Å². The topological polar surface area (TPSA) is 98.2 Å². The van der Waals surface area contributed by atoms with Gasteiger partial charge in [-0.25, -0.2) is 10.2 Å². The first-order chi connectivity index (χ1) is 14.1. The minimum Gasteiger partial charge on any atom is -0.454 e. The highest BCUT2D eigenvalue weighted by molar-refractivity contribution is 5.88. The molecule has 1 heterocycles. The van der Waals surface area contributed by atoms with Gasteiger partial charge < -0.3 is 19.5 Å². The number of hydrogen-bond acceptors (Lipinski definition) is 6. The average molecular weight is 397 g/mol. The van der Waals surface area contributed by atoms with E-state index in [-0.39, 0.29) is 13.4 Å². The molecule has 0 saturated carbocycles. The van der Waals surface area contributed by atoms with E-state index < -0.39 is 18.0 Å². The molecule has 2 aromatic carbocycles. The Morgan fingerprint density at radius 1 is 1.21 bits per heavy atom. The zero-order valence-corrected chi connectivity index (χ0v) is 16.3. The van der Waals surface area contributed by atoms with E-state index >= 15 is 0 Å². The first-order valence-corrected chi connectivity index (χ1v) is 9.27. The number of ether oxygens (including phenoxy) is 3. The van der Waals surface area contributed by atoms with E-state index in [1.807, 2.05) is 43.3 Å². The second kappa shape index (κ2) is 9.59. The molecule has 0 radical (unpaired) electrons. The Balaban J connectivity index is 1.67. The Labute approximate surface area is 168 Å². The van der Waals surface area contributed by atoms with Gasteiger partial charge in [0.25, 0.3) is 5.91 Å². The summed E-state index contributed by atoms with van der Waals surface area (Å²) in [5, 5.41) is 6.61. The predicted octanol–water partition coefficient (Wildman–Crippen LogP) is 2.53. The van der Waals surface area contributed by atoms with E-state index in [9.17, 15) is 9.59 Å². The predicted molar refractivity (Wildman–Crippen MR) is 107 cm³/mol. The third kappa shape index (κ3) is 5.47. The highest BCUT2D eigenvalue weighted by Crippen LogP contribution is 2.33. The van der Waals surface area contributed by atoms with Crippen LogP contribution < -0.4 is 20.2 Å². The molecule has 0 aliphatic carbocycles. The van der Waals surface area contributed by atoms with E-state index in [2.05, 4.69) is 15.8 Å². The van der Waals surface area contributed by atoms with Crippen molar-refractivity contribution in [1.29, 1.82) is 0 Å². The Bertz CT molecular complexity index is 899. The molecule has 0 aromatic heterocycles. The van der Waals surface area contributed by atoms with Crippen molar-refractivity contribution in [2.75, 3.05) is 13.4 Å². The minimum atomic E-state index is -0.827. The van der Waals surface area contributed by atoms with Gasteiger partial charge in [-0.05, 0) is 37.1 Å². The number of amides is 2. The van der Waals surface area contributed by atoms with E-state index in [1.54, 1.807) is 13.0 Å². The van der Waals surface area contributed by atoms with Gasteiger partial charge in [-0.1, -0.05) is 30.3 Å². The lowest BCUT2D eigenvalue weighted by atomic mass is 10.1. The number of aryl methyl sites for hydroxylation is 1. The fourth-order valence-electron chi connectivity index (χ4n) is 2.82. The number of carbonyl (C=O) groups excluding carboxylic acids is 2. The van der Waals surface area contributed by atoms with Crippen molar-refractivity contribution in [2.24, 2.45) is 5.10 Å². The van der Waals surface area contributed by atoms with Crippen LogP contribution in [0.15, 0.2) is 47.6 Å². The standard InChI is InChI=1S/C21H23N3O5/c1-3-27-21(26)23-17(10-15-7-5-4-6-8-15)20(25)24-22-12-16-11-19-18(9-14(16)2)28-13-29-19/h4-9,11-12,17H,3,10,13H2,1-2H3,(H,23,26)(H,24,25)/b22-12-/t17-/m1/s1. The van der Waals surface area contributed by atoms with Crippen molar-refractivity contribution >= 4 is 18.2 Å². The summed E-state index contributed by atoms with van der Waals surface area (Å²) >= 11 is 0. The van der Waals surface area contributed by atoms with Crippen LogP contribution in [-0.2, 0) is 16.0 Å². The number of hydrazone groups is 1. The normalized spacial score (nSPS) is 13.2. The SMILES string of the molecule is CCOC(=O)N[C@H](Cc1ccccc1)C(=O)N/N=C\c1cc2c(cc1C)OCO2. The van der Waals surface area contributed by atoms with Gasteiger partial charge in [-0.2, -0.15) is 5.10 Å². The summed E-state index contributed by atoms with van der Waals surface area (Å²) < 4.78 is 15.6.